The Hall–Kier alpha value is -3.51. The zero-order chi connectivity index (χ0) is 24.5. The Balaban J connectivity index is 1.47. The van der Waals surface area contributed by atoms with E-state index in [1.165, 1.54) is 11.6 Å². The van der Waals surface area contributed by atoms with Crippen LogP contribution in [-0.4, -0.2) is 56.4 Å². The van der Waals surface area contributed by atoms with Gasteiger partial charge in [-0.25, -0.2) is 22.4 Å². The molecule has 0 saturated carbocycles. The van der Waals surface area contributed by atoms with Crippen LogP contribution in [0.5, 0.6) is 5.75 Å². The molecule has 0 amide bonds. The number of aromatic nitrogens is 6. The molecule has 4 aromatic heterocycles. The summed E-state index contributed by atoms with van der Waals surface area (Å²) in [7, 11) is 1.35. The average Bonchev–Trinajstić information content (AvgIpc) is 3.43. The minimum Gasteiger partial charge on any atom is -0.488 e. The van der Waals surface area contributed by atoms with E-state index in [9.17, 15) is 13.2 Å². The normalized spacial score (nSPS) is 15.6. The number of ether oxygens (including phenoxy) is 2. The van der Waals surface area contributed by atoms with Crippen molar-refractivity contribution in [3.05, 3.63) is 59.6 Å². The molecule has 1 atom stereocenters. The molecule has 1 aliphatic rings. The van der Waals surface area contributed by atoms with E-state index in [0.717, 1.165) is 50.1 Å². The highest BCUT2D eigenvalue weighted by molar-refractivity contribution is 5.70. The Bertz CT molecular complexity index is 1350. The molecule has 4 aromatic rings. The fourth-order valence-electron chi connectivity index (χ4n) is 4.38. The van der Waals surface area contributed by atoms with E-state index >= 15 is 0 Å². The lowest BCUT2D eigenvalue weighted by atomic mass is 10.1. The number of nitrogens with one attached hydrogen (secondary N) is 1. The molecule has 35 heavy (non-hydrogen) atoms. The van der Waals surface area contributed by atoms with Crippen molar-refractivity contribution in [2.45, 2.75) is 31.9 Å². The van der Waals surface area contributed by atoms with Gasteiger partial charge in [-0.1, -0.05) is 5.21 Å². The highest BCUT2D eigenvalue weighted by atomic mass is 19.1. The Morgan fingerprint density at radius 3 is 2.69 bits per heavy atom. The van der Waals surface area contributed by atoms with Crippen molar-refractivity contribution in [2.75, 3.05) is 26.8 Å². The van der Waals surface area contributed by atoms with E-state index in [0.29, 0.717) is 11.3 Å². The van der Waals surface area contributed by atoms with Crippen LogP contribution in [0.4, 0.5) is 13.2 Å². The summed E-state index contributed by atoms with van der Waals surface area (Å²) in [5.74, 6) is -2.08. The summed E-state index contributed by atoms with van der Waals surface area (Å²) < 4.78 is 56.5. The molecule has 12 heteroatoms. The van der Waals surface area contributed by atoms with Crippen molar-refractivity contribution in [1.82, 2.24) is 34.9 Å². The third-order valence-electron chi connectivity index (χ3n) is 6.20. The molecule has 1 unspecified atom stereocenters. The van der Waals surface area contributed by atoms with Gasteiger partial charge in [0.2, 0.25) is 0 Å². The summed E-state index contributed by atoms with van der Waals surface area (Å²) >= 11 is 0. The van der Waals surface area contributed by atoms with Gasteiger partial charge in [0.05, 0.1) is 24.1 Å². The first kappa shape index (κ1) is 23.2. The van der Waals surface area contributed by atoms with Crippen molar-refractivity contribution in [2.24, 2.45) is 0 Å². The number of methoxy groups -OCH3 is 1. The van der Waals surface area contributed by atoms with E-state index in [1.807, 2.05) is 11.6 Å². The highest BCUT2D eigenvalue weighted by Gasteiger charge is 2.24. The maximum Gasteiger partial charge on any atom is 0.172 e. The summed E-state index contributed by atoms with van der Waals surface area (Å²) in [6.45, 7) is 3.58. The number of fused-ring (bicyclic) bond motifs is 1. The SMILES string of the molecule is COC(COc1cc(-c2nnn(C3CCNCC3)c2C)cn2ncc(F)c12)c1ncc(F)cc1F. The molecule has 1 aliphatic heterocycles. The predicted octanol–water partition coefficient (Wildman–Crippen LogP) is 3.40. The summed E-state index contributed by atoms with van der Waals surface area (Å²) in [4.78, 5) is 3.78. The van der Waals surface area contributed by atoms with Gasteiger partial charge in [-0.3, -0.25) is 4.98 Å². The topological polar surface area (TPSA) is 91.4 Å². The Labute approximate surface area is 198 Å². The monoisotopic (exact) mass is 487 g/mol. The van der Waals surface area contributed by atoms with E-state index in [-0.39, 0.29) is 29.6 Å². The predicted molar refractivity (Wildman–Crippen MR) is 119 cm³/mol. The first-order valence-corrected chi connectivity index (χ1v) is 11.2. The number of nitrogens with zero attached hydrogens (tertiary/aromatic N) is 6. The van der Waals surface area contributed by atoms with Gasteiger partial charge in [0.15, 0.2) is 5.82 Å². The number of pyridine rings is 2. The minimum atomic E-state index is -0.951. The van der Waals surface area contributed by atoms with Crippen LogP contribution >= 0.6 is 0 Å². The molecule has 0 bridgehead atoms. The van der Waals surface area contributed by atoms with Crippen LogP contribution in [0.15, 0.2) is 30.7 Å². The average molecular weight is 487 g/mol. The van der Waals surface area contributed by atoms with Crippen LogP contribution in [0.25, 0.3) is 16.8 Å². The largest absolute Gasteiger partial charge is 0.488 e. The molecule has 0 spiro atoms. The van der Waals surface area contributed by atoms with Crippen molar-refractivity contribution in [3.8, 4) is 17.0 Å². The first-order valence-electron chi connectivity index (χ1n) is 11.2. The van der Waals surface area contributed by atoms with Gasteiger partial charge in [-0.15, -0.1) is 5.10 Å². The molecule has 184 valence electrons. The van der Waals surface area contributed by atoms with Crippen LogP contribution in [0.3, 0.4) is 0 Å². The van der Waals surface area contributed by atoms with E-state index in [2.05, 4.69) is 25.7 Å². The molecular formula is C23H24F3N7O2. The number of piperidine rings is 1. The fourth-order valence-corrected chi connectivity index (χ4v) is 4.38. The molecule has 0 radical (unpaired) electrons. The Kier molecular flexibility index (Phi) is 6.39. The number of halogens is 3. The van der Waals surface area contributed by atoms with Gasteiger partial charge in [0, 0.05) is 24.9 Å². The van der Waals surface area contributed by atoms with Crippen molar-refractivity contribution >= 4 is 5.52 Å². The summed E-state index contributed by atoms with van der Waals surface area (Å²) in [5, 5.41) is 16.2. The summed E-state index contributed by atoms with van der Waals surface area (Å²) in [6, 6.07) is 2.61. The molecule has 5 heterocycles. The quantitative estimate of drug-likeness (QED) is 0.427. The van der Waals surface area contributed by atoms with Crippen LogP contribution in [0, 0.1) is 24.4 Å². The lowest BCUT2D eigenvalue weighted by Gasteiger charge is -2.23. The van der Waals surface area contributed by atoms with Gasteiger partial charge in [0.25, 0.3) is 0 Å². The molecule has 0 aliphatic carbocycles. The smallest absolute Gasteiger partial charge is 0.172 e. The second-order valence-corrected chi connectivity index (χ2v) is 8.38. The van der Waals surface area contributed by atoms with Crippen molar-refractivity contribution < 1.29 is 22.6 Å². The van der Waals surface area contributed by atoms with Gasteiger partial charge < -0.3 is 14.8 Å². The minimum absolute atomic E-state index is 0.111. The lowest BCUT2D eigenvalue weighted by Crippen LogP contribution is -2.30. The van der Waals surface area contributed by atoms with Crippen molar-refractivity contribution in [3.63, 3.8) is 0 Å². The lowest BCUT2D eigenvalue weighted by molar-refractivity contribution is 0.0520. The third-order valence-corrected chi connectivity index (χ3v) is 6.20. The molecule has 0 aromatic carbocycles. The zero-order valence-corrected chi connectivity index (χ0v) is 19.2. The number of rotatable bonds is 7. The first-order chi connectivity index (χ1) is 17.0. The maximum absolute atomic E-state index is 14.6. The molecule has 1 N–H and O–H groups in total. The van der Waals surface area contributed by atoms with Crippen LogP contribution in [-0.2, 0) is 4.74 Å². The third kappa shape index (κ3) is 4.46. The Morgan fingerprint density at radius 2 is 1.94 bits per heavy atom. The number of hydrogen-bond acceptors (Lipinski definition) is 7. The van der Waals surface area contributed by atoms with Crippen LogP contribution < -0.4 is 10.1 Å². The number of hydrogen-bond donors (Lipinski definition) is 1. The van der Waals surface area contributed by atoms with Gasteiger partial charge in [-0.05, 0) is 38.9 Å². The van der Waals surface area contributed by atoms with Crippen molar-refractivity contribution in [1.29, 1.82) is 0 Å². The maximum atomic E-state index is 14.6. The summed E-state index contributed by atoms with van der Waals surface area (Å²) in [5.41, 5.74) is 2.13. The van der Waals surface area contributed by atoms with E-state index < -0.39 is 23.6 Å². The second-order valence-electron chi connectivity index (χ2n) is 8.38. The molecule has 5 rings (SSSR count). The van der Waals surface area contributed by atoms with Crippen LogP contribution in [0.1, 0.15) is 36.4 Å². The zero-order valence-electron chi connectivity index (χ0n) is 19.2. The second kappa shape index (κ2) is 9.62. The Morgan fingerprint density at radius 1 is 1.14 bits per heavy atom. The summed E-state index contributed by atoms with van der Waals surface area (Å²) in [6.07, 6.45) is 4.59. The van der Waals surface area contributed by atoms with E-state index in [1.54, 1.807) is 12.3 Å². The molecular weight excluding hydrogens is 463 g/mol. The van der Waals surface area contributed by atoms with Gasteiger partial charge in [-0.2, -0.15) is 5.10 Å². The van der Waals surface area contributed by atoms with Gasteiger partial charge in [0.1, 0.15) is 47.0 Å². The fraction of sp³-hybridized carbons (Fsp3) is 0.391. The molecule has 9 nitrogen and oxygen atoms in total. The highest BCUT2D eigenvalue weighted by Crippen LogP contribution is 2.32. The standard InChI is InChI=1S/C23H24F3N7O2/c1-13-21(30-31-33(13)16-3-5-27-6-4-16)14-7-19(23-18(26)10-29-32(23)11-14)35-12-20(34-2)22-17(25)8-15(24)9-28-22/h7-11,16,20,27H,3-6,12H2,1-2H3. The van der Waals surface area contributed by atoms with E-state index in [4.69, 9.17) is 9.47 Å². The van der Waals surface area contributed by atoms with Crippen LogP contribution in [0.2, 0.25) is 0 Å². The van der Waals surface area contributed by atoms with Gasteiger partial charge >= 0.3 is 0 Å². The molecule has 1 fully saturated rings. The molecule has 1 saturated heterocycles.